The zero-order chi connectivity index (χ0) is 22.4. The number of aryl methyl sites for hydroxylation is 1. The van der Waals surface area contributed by atoms with Crippen molar-refractivity contribution in [1.82, 2.24) is 9.78 Å². The van der Waals surface area contributed by atoms with Crippen molar-refractivity contribution >= 4 is 5.78 Å². The Labute approximate surface area is 189 Å². The number of carbonyl (C=O) groups excluding carboxylic acids is 1. The zero-order valence-electron chi connectivity index (χ0n) is 19.1. The molecular formula is C29H28N2O. The van der Waals surface area contributed by atoms with Gasteiger partial charge in [-0.1, -0.05) is 74.5 Å². The number of aromatic nitrogens is 2. The second kappa shape index (κ2) is 7.90. The van der Waals surface area contributed by atoms with Crippen LogP contribution in [0.15, 0.2) is 72.8 Å². The fourth-order valence-electron chi connectivity index (χ4n) is 5.01. The summed E-state index contributed by atoms with van der Waals surface area (Å²) < 4.78 is 2.21. The Hall–Kier alpha value is -3.46. The van der Waals surface area contributed by atoms with Crippen molar-refractivity contribution in [3.63, 3.8) is 0 Å². The van der Waals surface area contributed by atoms with Gasteiger partial charge in [-0.05, 0) is 48.6 Å². The van der Waals surface area contributed by atoms with Crippen LogP contribution < -0.4 is 0 Å². The highest BCUT2D eigenvalue weighted by atomic mass is 16.1. The first-order valence-electron chi connectivity index (χ1n) is 11.3. The Morgan fingerprint density at radius 2 is 1.56 bits per heavy atom. The van der Waals surface area contributed by atoms with Gasteiger partial charge in [0.15, 0.2) is 5.78 Å². The zero-order valence-corrected chi connectivity index (χ0v) is 19.1. The first-order chi connectivity index (χ1) is 15.5. The first-order valence-corrected chi connectivity index (χ1v) is 11.3. The fraction of sp³-hybridized carbons (Fsp3) is 0.241. The van der Waals surface area contributed by atoms with Crippen LogP contribution in [0.25, 0.3) is 33.6 Å². The van der Waals surface area contributed by atoms with Crippen molar-refractivity contribution in [2.75, 3.05) is 0 Å². The number of hydrogen-bond donors (Lipinski definition) is 0. The van der Waals surface area contributed by atoms with Crippen LogP contribution in [0.5, 0.6) is 0 Å². The van der Waals surface area contributed by atoms with E-state index in [1.807, 2.05) is 12.1 Å². The molecule has 3 heteroatoms. The molecule has 3 aromatic carbocycles. The molecule has 0 amide bonds. The van der Waals surface area contributed by atoms with Gasteiger partial charge in [-0.3, -0.25) is 9.48 Å². The molecule has 2 heterocycles. The van der Waals surface area contributed by atoms with Crippen molar-refractivity contribution in [3.05, 3.63) is 89.5 Å². The lowest BCUT2D eigenvalue weighted by Gasteiger charge is -2.31. The van der Waals surface area contributed by atoms with E-state index in [1.165, 1.54) is 16.7 Å². The predicted molar refractivity (Wildman–Crippen MR) is 131 cm³/mol. The highest BCUT2D eigenvalue weighted by Gasteiger charge is 2.33. The summed E-state index contributed by atoms with van der Waals surface area (Å²) in [5.41, 5.74) is 10.1. The van der Waals surface area contributed by atoms with Gasteiger partial charge in [-0.2, -0.15) is 5.10 Å². The van der Waals surface area contributed by atoms with E-state index < -0.39 is 0 Å². The maximum atomic E-state index is 12.3. The Bertz CT molecular complexity index is 1300. The lowest BCUT2D eigenvalue weighted by atomic mass is 9.78. The maximum Gasteiger partial charge on any atom is 0.159 e. The summed E-state index contributed by atoms with van der Waals surface area (Å²) >= 11 is 0. The van der Waals surface area contributed by atoms with Crippen molar-refractivity contribution < 1.29 is 4.79 Å². The number of rotatable bonds is 4. The summed E-state index contributed by atoms with van der Waals surface area (Å²) in [5, 5.41) is 5.18. The first kappa shape index (κ1) is 20.4. The second-order valence-corrected chi connectivity index (χ2v) is 9.15. The van der Waals surface area contributed by atoms with Gasteiger partial charge in [0.25, 0.3) is 0 Å². The molecule has 0 N–H and O–H groups in total. The van der Waals surface area contributed by atoms with E-state index in [0.29, 0.717) is 11.8 Å². The minimum absolute atomic E-state index is 0.116. The molecule has 0 saturated heterocycles. The molecule has 0 spiro atoms. The molecule has 0 unspecified atom stereocenters. The van der Waals surface area contributed by atoms with Crippen LogP contribution in [0.2, 0.25) is 0 Å². The van der Waals surface area contributed by atoms with E-state index in [0.717, 1.165) is 40.2 Å². The van der Waals surface area contributed by atoms with E-state index >= 15 is 0 Å². The van der Waals surface area contributed by atoms with Crippen molar-refractivity contribution in [2.45, 2.75) is 40.2 Å². The van der Waals surface area contributed by atoms with Gasteiger partial charge in [0, 0.05) is 34.7 Å². The third-order valence-electron chi connectivity index (χ3n) is 6.65. The third kappa shape index (κ3) is 3.29. The Morgan fingerprint density at radius 3 is 2.16 bits per heavy atom. The largest absolute Gasteiger partial charge is 0.295 e. The number of Topliss-reactive ketones (excluding diaryl/α,β-unsaturated/α-hetero) is 1. The molecule has 0 saturated carbocycles. The second-order valence-electron chi connectivity index (χ2n) is 9.15. The van der Waals surface area contributed by atoms with Crippen molar-refractivity contribution in [2.24, 2.45) is 5.92 Å². The van der Waals surface area contributed by atoms with E-state index in [9.17, 15) is 4.79 Å². The van der Waals surface area contributed by atoms with Gasteiger partial charge in [-0.15, -0.1) is 0 Å². The molecule has 1 aliphatic rings. The molecule has 3 nitrogen and oxygen atoms in total. The topological polar surface area (TPSA) is 34.9 Å². The molecule has 0 aliphatic carbocycles. The Kier molecular flexibility index (Phi) is 5.05. The lowest BCUT2D eigenvalue weighted by molar-refractivity contribution is 0.101. The number of fused-ring (bicyclic) bond motifs is 3. The minimum Gasteiger partial charge on any atom is -0.295 e. The summed E-state index contributed by atoms with van der Waals surface area (Å²) in [6, 6.07) is 25.2. The van der Waals surface area contributed by atoms with Gasteiger partial charge in [0.05, 0.1) is 5.69 Å². The molecule has 160 valence electrons. The van der Waals surface area contributed by atoms with Gasteiger partial charge in [0.2, 0.25) is 0 Å². The number of hydrogen-bond acceptors (Lipinski definition) is 2. The molecule has 32 heavy (non-hydrogen) atoms. The molecule has 0 bridgehead atoms. The monoisotopic (exact) mass is 420 g/mol. The molecule has 5 rings (SSSR count). The summed E-state index contributed by atoms with van der Waals surface area (Å²) in [7, 11) is 0. The van der Waals surface area contributed by atoms with E-state index in [-0.39, 0.29) is 5.78 Å². The molecule has 1 aliphatic heterocycles. The number of benzene rings is 3. The summed E-state index contributed by atoms with van der Waals surface area (Å²) in [4.78, 5) is 12.3. The van der Waals surface area contributed by atoms with Crippen LogP contribution in [0.3, 0.4) is 0 Å². The number of ketones is 1. The number of nitrogens with zero attached hydrogens (tertiary/aromatic N) is 2. The molecule has 1 aromatic heterocycles. The van der Waals surface area contributed by atoms with Gasteiger partial charge >= 0.3 is 0 Å². The normalized spacial score (nSPS) is 14.8. The van der Waals surface area contributed by atoms with Crippen LogP contribution in [-0.2, 0) is 6.54 Å². The van der Waals surface area contributed by atoms with Crippen LogP contribution in [0.1, 0.15) is 48.2 Å². The molecule has 1 atom stereocenters. The van der Waals surface area contributed by atoms with E-state index in [2.05, 4.69) is 86.1 Å². The minimum atomic E-state index is 0.116. The average Bonchev–Trinajstić information content (AvgIpc) is 3.18. The lowest BCUT2D eigenvalue weighted by Crippen LogP contribution is -2.23. The maximum absolute atomic E-state index is 12.3. The average molecular weight is 421 g/mol. The van der Waals surface area contributed by atoms with Crippen LogP contribution in [0.4, 0.5) is 0 Å². The SMILES string of the molecule is CC(=O)c1cc(C)c2c(c1)[C@H](C(C)C)Cn1nc(-c3ccccc3)c(-c3ccccc3)c1-2. The highest BCUT2D eigenvalue weighted by Crippen LogP contribution is 2.48. The molecule has 0 fully saturated rings. The number of carbonyl (C=O) groups is 1. The smallest absolute Gasteiger partial charge is 0.159 e. The van der Waals surface area contributed by atoms with Crippen LogP contribution >= 0.6 is 0 Å². The van der Waals surface area contributed by atoms with E-state index in [1.54, 1.807) is 6.92 Å². The van der Waals surface area contributed by atoms with Crippen LogP contribution in [-0.4, -0.2) is 15.6 Å². The molecule has 4 aromatic rings. The summed E-state index contributed by atoms with van der Waals surface area (Å²) in [6.45, 7) is 9.11. The van der Waals surface area contributed by atoms with Gasteiger partial charge in [-0.25, -0.2) is 0 Å². The quantitative estimate of drug-likeness (QED) is 0.329. The van der Waals surface area contributed by atoms with Crippen molar-refractivity contribution in [1.29, 1.82) is 0 Å². The summed E-state index contributed by atoms with van der Waals surface area (Å²) in [6.07, 6.45) is 0. The summed E-state index contributed by atoms with van der Waals surface area (Å²) in [5.74, 6) is 0.862. The Balaban J connectivity index is 1.87. The van der Waals surface area contributed by atoms with Gasteiger partial charge in [0.1, 0.15) is 5.69 Å². The third-order valence-corrected chi connectivity index (χ3v) is 6.65. The molecular weight excluding hydrogens is 392 g/mol. The predicted octanol–water partition coefficient (Wildman–Crippen LogP) is 7.15. The standard InChI is InChI=1S/C29H28N2O/c1-18(2)25-17-31-29(26-19(3)15-23(20(4)32)16-24(25)26)27(21-11-7-5-8-12-21)28(30-31)22-13-9-6-10-14-22/h5-16,18,25H,17H2,1-4H3/t25-/m0/s1. The van der Waals surface area contributed by atoms with Crippen molar-refractivity contribution in [3.8, 4) is 33.6 Å². The fourth-order valence-corrected chi connectivity index (χ4v) is 5.01. The van der Waals surface area contributed by atoms with E-state index in [4.69, 9.17) is 5.10 Å². The molecule has 0 radical (unpaired) electrons. The Morgan fingerprint density at radius 1 is 0.938 bits per heavy atom. The van der Waals surface area contributed by atoms with Crippen LogP contribution in [0, 0.1) is 12.8 Å². The highest BCUT2D eigenvalue weighted by molar-refractivity contribution is 5.98. The van der Waals surface area contributed by atoms with Gasteiger partial charge < -0.3 is 0 Å².